The first-order valence-corrected chi connectivity index (χ1v) is 6.44. The van der Waals surface area contributed by atoms with Crippen LogP contribution in [0.2, 0.25) is 0 Å². The van der Waals surface area contributed by atoms with Gasteiger partial charge in [0.1, 0.15) is 11.3 Å². The van der Waals surface area contributed by atoms with Crippen molar-refractivity contribution in [1.29, 1.82) is 0 Å². The summed E-state index contributed by atoms with van der Waals surface area (Å²) in [4.78, 5) is 10.2. The van der Waals surface area contributed by atoms with Gasteiger partial charge in [-0.15, -0.1) is 0 Å². The van der Waals surface area contributed by atoms with Gasteiger partial charge in [-0.25, -0.2) is 0 Å². The molecule has 0 bridgehead atoms. The second-order valence-electron chi connectivity index (χ2n) is 4.64. The molecule has 2 aromatic carbocycles. The van der Waals surface area contributed by atoms with E-state index in [1.807, 2.05) is 18.2 Å². The molecule has 0 saturated heterocycles. The highest BCUT2D eigenvalue weighted by Crippen LogP contribution is 2.29. The lowest BCUT2D eigenvalue weighted by atomic mass is 10.1. The van der Waals surface area contributed by atoms with Gasteiger partial charge in [0.2, 0.25) is 0 Å². The fourth-order valence-corrected chi connectivity index (χ4v) is 2.19. The number of furan rings is 1. The lowest BCUT2D eigenvalue weighted by Gasteiger charge is -1.96. The predicted molar refractivity (Wildman–Crippen MR) is 77.7 cm³/mol. The van der Waals surface area contributed by atoms with E-state index in [-0.39, 0.29) is 5.69 Å². The maximum atomic E-state index is 10.6. The molecule has 100 valence electrons. The van der Waals surface area contributed by atoms with Gasteiger partial charge in [-0.1, -0.05) is 19.1 Å². The molecule has 3 aromatic rings. The molecule has 0 saturated carbocycles. The van der Waals surface area contributed by atoms with E-state index in [1.54, 1.807) is 12.1 Å². The Balaban J connectivity index is 2.03. The van der Waals surface area contributed by atoms with Crippen LogP contribution >= 0.6 is 0 Å². The number of fused-ring (bicyclic) bond motifs is 1. The van der Waals surface area contributed by atoms with Gasteiger partial charge in [0.05, 0.1) is 4.92 Å². The first-order chi connectivity index (χ1) is 9.67. The molecule has 0 N–H and O–H groups in total. The highest BCUT2D eigenvalue weighted by molar-refractivity contribution is 5.83. The number of nitro benzene ring substituents is 1. The van der Waals surface area contributed by atoms with Crippen molar-refractivity contribution in [2.24, 2.45) is 0 Å². The van der Waals surface area contributed by atoms with Crippen molar-refractivity contribution in [2.45, 2.75) is 13.3 Å². The summed E-state index contributed by atoms with van der Waals surface area (Å²) < 4.78 is 5.83. The van der Waals surface area contributed by atoms with E-state index in [2.05, 4.69) is 13.0 Å². The van der Waals surface area contributed by atoms with Crippen molar-refractivity contribution in [3.05, 3.63) is 64.2 Å². The van der Waals surface area contributed by atoms with Gasteiger partial charge in [-0.05, 0) is 36.2 Å². The number of non-ortho nitro benzene ring substituents is 1. The normalized spacial score (nSPS) is 10.8. The maximum absolute atomic E-state index is 10.6. The molecule has 0 spiro atoms. The van der Waals surface area contributed by atoms with E-state index < -0.39 is 4.92 Å². The van der Waals surface area contributed by atoms with Gasteiger partial charge < -0.3 is 4.42 Å². The number of rotatable bonds is 3. The third-order valence-corrected chi connectivity index (χ3v) is 3.36. The number of nitrogens with zero attached hydrogens (tertiary/aromatic N) is 1. The average molecular weight is 267 g/mol. The highest BCUT2D eigenvalue weighted by Gasteiger charge is 2.09. The highest BCUT2D eigenvalue weighted by atomic mass is 16.6. The number of aryl methyl sites for hydroxylation is 1. The van der Waals surface area contributed by atoms with Crippen molar-refractivity contribution < 1.29 is 9.34 Å². The third kappa shape index (κ3) is 2.16. The van der Waals surface area contributed by atoms with Gasteiger partial charge in [0.25, 0.3) is 5.69 Å². The Morgan fingerprint density at radius 1 is 1.10 bits per heavy atom. The van der Waals surface area contributed by atoms with Gasteiger partial charge >= 0.3 is 0 Å². The molecule has 0 aliphatic rings. The molecule has 4 nitrogen and oxygen atoms in total. The fourth-order valence-electron chi connectivity index (χ4n) is 2.19. The predicted octanol–water partition coefficient (Wildman–Crippen LogP) is 4.57. The van der Waals surface area contributed by atoms with Crippen LogP contribution in [0, 0.1) is 10.1 Å². The molecule has 0 aliphatic carbocycles. The van der Waals surface area contributed by atoms with Crippen LogP contribution in [-0.2, 0) is 6.42 Å². The van der Waals surface area contributed by atoms with Crippen LogP contribution in [0.25, 0.3) is 22.3 Å². The van der Waals surface area contributed by atoms with Crippen molar-refractivity contribution in [3.8, 4) is 11.3 Å². The van der Waals surface area contributed by atoms with E-state index in [9.17, 15) is 10.1 Å². The van der Waals surface area contributed by atoms with Crippen LogP contribution in [0.1, 0.15) is 12.5 Å². The Hall–Kier alpha value is -2.62. The third-order valence-electron chi connectivity index (χ3n) is 3.36. The summed E-state index contributed by atoms with van der Waals surface area (Å²) in [7, 11) is 0. The Kier molecular flexibility index (Phi) is 2.99. The lowest BCUT2D eigenvalue weighted by molar-refractivity contribution is -0.384. The number of hydrogen-bond acceptors (Lipinski definition) is 3. The summed E-state index contributed by atoms with van der Waals surface area (Å²) in [6.45, 7) is 2.10. The van der Waals surface area contributed by atoms with E-state index in [0.717, 1.165) is 28.7 Å². The minimum Gasteiger partial charge on any atom is -0.456 e. The SMILES string of the molecule is CCc1ccc2cc(-c3ccc([N+](=O)[O-])cc3)oc2c1. The summed E-state index contributed by atoms with van der Waals surface area (Å²) in [6, 6.07) is 14.5. The molecule has 1 heterocycles. The Morgan fingerprint density at radius 3 is 2.50 bits per heavy atom. The van der Waals surface area contributed by atoms with E-state index in [4.69, 9.17) is 4.42 Å². The minimum absolute atomic E-state index is 0.0816. The summed E-state index contributed by atoms with van der Waals surface area (Å²) in [5, 5.41) is 11.7. The molecule has 3 rings (SSSR count). The quantitative estimate of drug-likeness (QED) is 0.516. The first kappa shape index (κ1) is 12.4. The molecule has 0 unspecified atom stereocenters. The zero-order chi connectivity index (χ0) is 14.1. The molecule has 0 atom stereocenters. The van der Waals surface area contributed by atoms with Crippen molar-refractivity contribution in [1.82, 2.24) is 0 Å². The van der Waals surface area contributed by atoms with Gasteiger partial charge in [0.15, 0.2) is 0 Å². The second-order valence-corrected chi connectivity index (χ2v) is 4.64. The van der Waals surface area contributed by atoms with Gasteiger partial charge in [-0.2, -0.15) is 0 Å². The second kappa shape index (κ2) is 4.81. The number of nitro groups is 1. The van der Waals surface area contributed by atoms with Crippen LogP contribution < -0.4 is 0 Å². The zero-order valence-corrected chi connectivity index (χ0v) is 11.0. The smallest absolute Gasteiger partial charge is 0.269 e. The van der Waals surface area contributed by atoms with Crippen molar-refractivity contribution in [2.75, 3.05) is 0 Å². The molecule has 4 heteroatoms. The van der Waals surface area contributed by atoms with Gasteiger partial charge in [-0.3, -0.25) is 10.1 Å². The fraction of sp³-hybridized carbons (Fsp3) is 0.125. The molecule has 1 aromatic heterocycles. The molecule has 0 aliphatic heterocycles. The molecule has 20 heavy (non-hydrogen) atoms. The van der Waals surface area contributed by atoms with Crippen LogP contribution in [0.4, 0.5) is 5.69 Å². The Morgan fingerprint density at radius 2 is 1.85 bits per heavy atom. The van der Waals surface area contributed by atoms with E-state index >= 15 is 0 Å². The van der Waals surface area contributed by atoms with E-state index in [0.29, 0.717) is 0 Å². The molecule has 0 radical (unpaired) electrons. The van der Waals surface area contributed by atoms with Gasteiger partial charge in [0, 0.05) is 23.1 Å². The molecular formula is C16H13NO3. The Labute approximate surface area is 115 Å². The topological polar surface area (TPSA) is 56.3 Å². The van der Waals surface area contributed by atoms with Crippen molar-refractivity contribution >= 4 is 16.7 Å². The molecular weight excluding hydrogens is 254 g/mol. The van der Waals surface area contributed by atoms with Crippen LogP contribution in [0.5, 0.6) is 0 Å². The summed E-state index contributed by atoms with van der Waals surface area (Å²) in [6.07, 6.45) is 0.962. The van der Waals surface area contributed by atoms with Crippen LogP contribution in [-0.4, -0.2) is 4.92 Å². The van der Waals surface area contributed by atoms with E-state index in [1.165, 1.54) is 17.7 Å². The largest absolute Gasteiger partial charge is 0.456 e. The molecule has 0 fully saturated rings. The lowest BCUT2D eigenvalue weighted by Crippen LogP contribution is -1.86. The summed E-state index contributed by atoms with van der Waals surface area (Å²) in [5.41, 5.74) is 2.99. The summed E-state index contributed by atoms with van der Waals surface area (Å²) >= 11 is 0. The summed E-state index contributed by atoms with van der Waals surface area (Å²) in [5.74, 6) is 0.725. The zero-order valence-electron chi connectivity index (χ0n) is 11.0. The van der Waals surface area contributed by atoms with Crippen LogP contribution in [0.15, 0.2) is 52.9 Å². The number of benzene rings is 2. The number of hydrogen-bond donors (Lipinski definition) is 0. The van der Waals surface area contributed by atoms with Crippen molar-refractivity contribution in [3.63, 3.8) is 0 Å². The minimum atomic E-state index is -0.407. The van der Waals surface area contributed by atoms with Crippen LogP contribution in [0.3, 0.4) is 0 Å². The molecule has 0 amide bonds. The average Bonchev–Trinajstić information content (AvgIpc) is 2.90. The monoisotopic (exact) mass is 267 g/mol. The Bertz CT molecular complexity index is 772. The maximum Gasteiger partial charge on any atom is 0.269 e. The standard InChI is InChI=1S/C16H13NO3/c1-2-11-3-4-13-10-16(20-15(13)9-11)12-5-7-14(8-6-12)17(18)19/h3-10H,2H2,1H3. The first-order valence-electron chi connectivity index (χ1n) is 6.44.